The number of benzene rings is 1. The lowest BCUT2D eigenvalue weighted by Gasteiger charge is -2.06. The van der Waals surface area contributed by atoms with Gasteiger partial charge in [-0.1, -0.05) is 30.3 Å². The van der Waals surface area contributed by atoms with Crippen molar-refractivity contribution in [1.82, 2.24) is 4.98 Å². The zero-order valence-corrected chi connectivity index (χ0v) is 15.0. The van der Waals surface area contributed by atoms with Crippen molar-refractivity contribution in [3.05, 3.63) is 64.5 Å². The lowest BCUT2D eigenvalue weighted by Crippen LogP contribution is -2.17. The van der Waals surface area contributed by atoms with Crippen LogP contribution in [0.25, 0.3) is 6.08 Å². The van der Waals surface area contributed by atoms with Crippen LogP contribution >= 0.6 is 0 Å². The van der Waals surface area contributed by atoms with Crippen molar-refractivity contribution in [2.75, 3.05) is 13.2 Å². The van der Waals surface area contributed by atoms with E-state index in [4.69, 9.17) is 9.47 Å². The Morgan fingerprint density at radius 2 is 1.65 bits per heavy atom. The summed E-state index contributed by atoms with van der Waals surface area (Å²) >= 11 is 0. The fourth-order valence-corrected chi connectivity index (χ4v) is 2.57. The highest BCUT2D eigenvalue weighted by atomic mass is 16.5. The number of H-pyrrole nitrogens is 1. The minimum absolute atomic E-state index is 0.185. The monoisotopic (exact) mass is 355 g/mol. The molecule has 0 saturated carbocycles. The van der Waals surface area contributed by atoms with Gasteiger partial charge in [0.25, 0.3) is 0 Å². The number of carbonyl (C=O) groups is 3. The molecular weight excluding hydrogens is 334 g/mol. The van der Waals surface area contributed by atoms with Crippen LogP contribution in [-0.2, 0) is 14.3 Å². The molecule has 0 unspecified atom stereocenters. The molecular formula is C20H21NO5. The van der Waals surface area contributed by atoms with Crippen molar-refractivity contribution in [1.29, 1.82) is 0 Å². The van der Waals surface area contributed by atoms with Gasteiger partial charge in [-0.15, -0.1) is 0 Å². The van der Waals surface area contributed by atoms with Crippen molar-refractivity contribution in [3.63, 3.8) is 0 Å². The molecule has 0 saturated heterocycles. The molecule has 0 radical (unpaired) electrons. The number of esters is 2. The van der Waals surface area contributed by atoms with Gasteiger partial charge in [-0.05, 0) is 32.4 Å². The Hall–Kier alpha value is -3.15. The number of ketones is 1. The normalized spacial score (nSPS) is 10.7. The quantitative estimate of drug-likeness (QED) is 0.468. The topological polar surface area (TPSA) is 85.5 Å². The van der Waals surface area contributed by atoms with Gasteiger partial charge >= 0.3 is 11.9 Å². The first-order chi connectivity index (χ1) is 12.4. The molecule has 6 nitrogen and oxygen atoms in total. The van der Waals surface area contributed by atoms with E-state index >= 15 is 0 Å². The van der Waals surface area contributed by atoms with Gasteiger partial charge in [0.05, 0.1) is 17.7 Å². The number of aromatic amines is 1. The zero-order chi connectivity index (χ0) is 19.1. The SMILES string of the molecule is CCOC(=O)c1c(C)[nH]c(C)c1C(=O)COC(=O)/C=C/c1ccccc1. The molecule has 1 aromatic carbocycles. The lowest BCUT2D eigenvalue weighted by atomic mass is 10.1. The van der Waals surface area contributed by atoms with E-state index in [1.807, 2.05) is 30.3 Å². The summed E-state index contributed by atoms with van der Waals surface area (Å²) in [5, 5.41) is 0. The van der Waals surface area contributed by atoms with Crippen LogP contribution in [0.2, 0.25) is 0 Å². The molecule has 136 valence electrons. The Morgan fingerprint density at radius 1 is 1.00 bits per heavy atom. The maximum Gasteiger partial charge on any atom is 0.340 e. The molecule has 26 heavy (non-hydrogen) atoms. The van der Waals surface area contributed by atoms with Crippen molar-refractivity contribution < 1.29 is 23.9 Å². The molecule has 0 atom stereocenters. The molecule has 0 bridgehead atoms. The third-order valence-electron chi connectivity index (χ3n) is 3.69. The van der Waals surface area contributed by atoms with Gasteiger partial charge in [-0.25, -0.2) is 9.59 Å². The van der Waals surface area contributed by atoms with Crippen molar-refractivity contribution in [2.24, 2.45) is 0 Å². The number of carbonyl (C=O) groups excluding carboxylic acids is 3. The number of aromatic nitrogens is 1. The second-order valence-electron chi connectivity index (χ2n) is 5.62. The maximum absolute atomic E-state index is 12.5. The van der Waals surface area contributed by atoms with Crippen molar-refractivity contribution >= 4 is 23.8 Å². The van der Waals surface area contributed by atoms with Crippen LogP contribution in [-0.4, -0.2) is 35.9 Å². The van der Waals surface area contributed by atoms with Gasteiger partial charge in [-0.2, -0.15) is 0 Å². The second kappa shape index (κ2) is 8.80. The lowest BCUT2D eigenvalue weighted by molar-refractivity contribution is -0.136. The van der Waals surface area contributed by atoms with Crippen LogP contribution < -0.4 is 0 Å². The molecule has 0 spiro atoms. The zero-order valence-electron chi connectivity index (χ0n) is 15.0. The molecule has 0 aliphatic heterocycles. The summed E-state index contributed by atoms with van der Waals surface area (Å²) in [7, 11) is 0. The van der Waals surface area contributed by atoms with Crippen LogP contribution in [0.1, 0.15) is 44.6 Å². The first kappa shape index (κ1) is 19.2. The number of hydrogen-bond donors (Lipinski definition) is 1. The molecule has 1 aromatic heterocycles. The average Bonchev–Trinajstić information content (AvgIpc) is 2.93. The Kier molecular flexibility index (Phi) is 6.49. The summed E-state index contributed by atoms with van der Waals surface area (Å²) in [5.74, 6) is -1.67. The number of Topliss-reactive ketones (excluding diaryl/α,β-unsaturated/α-hetero) is 1. The third-order valence-corrected chi connectivity index (χ3v) is 3.69. The number of nitrogens with one attached hydrogen (secondary N) is 1. The maximum atomic E-state index is 12.5. The molecule has 0 aliphatic rings. The van der Waals surface area contributed by atoms with Crippen LogP contribution in [0.3, 0.4) is 0 Å². The Labute approximate surface area is 151 Å². The van der Waals surface area contributed by atoms with E-state index < -0.39 is 24.3 Å². The number of aryl methyl sites for hydroxylation is 2. The van der Waals surface area contributed by atoms with E-state index in [2.05, 4.69) is 4.98 Å². The molecule has 1 N–H and O–H groups in total. The van der Waals surface area contributed by atoms with E-state index in [9.17, 15) is 14.4 Å². The Morgan fingerprint density at radius 3 is 2.31 bits per heavy atom. The second-order valence-corrected chi connectivity index (χ2v) is 5.62. The Balaban J connectivity index is 2.05. The standard InChI is InChI=1S/C20H21NO5/c1-4-25-20(24)19-14(3)21-13(2)18(19)16(22)12-26-17(23)11-10-15-8-6-5-7-9-15/h5-11,21H,4,12H2,1-3H3/b11-10+. The first-order valence-electron chi connectivity index (χ1n) is 8.23. The highest BCUT2D eigenvalue weighted by molar-refractivity contribution is 6.09. The molecule has 2 aromatic rings. The molecule has 6 heteroatoms. The van der Waals surface area contributed by atoms with E-state index in [1.54, 1.807) is 26.8 Å². The van der Waals surface area contributed by atoms with Gasteiger partial charge in [-0.3, -0.25) is 4.79 Å². The number of hydrogen-bond acceptors (Lipinski definition) is 5. The van der Waals surface area contributed by atoms with E-state index in [1.165, 1.54) is 6.08 Å². The number of ether oxygens (including phenoxy) is 2. The van der Waals surface area contributed by atoms with Crippen molar-refractivity contribution in [3.8, 4) is 0 Å². The highest BCUT2D eigenvalue weighted by Gasteiger charge is 2.25. The smallest absolute Gasteiger partial charge is 0.340 e. The predicted molar refractivity (Wildman–Crippen MR) is 97.0 cm³/mol. The van der Waals surface area contributed by atoms with Gasteiger partial charge in [0.15, 0.2) is 6.61 Å². The summed E-state index contributed by atoms with van der Waals surface area (Å²) in [6, 6.07) is 9.25. The highest BCUT2D eigenvalue weighted by Crippen LogP contribution is 2.20. The summed E-state index contributed by atoms with van der Waals surface area (Å²) in [6.07, 6.45) is 2.85. The van der Waals surface area contributed by atoms with Gasteiger partial charge in [0.2, 0.25) is 5.78 Å². The fraction of sp³-hybridized carbons (Fsp3) is 0.250. The summed E-state index contributed by atoms with van der Waals surface area (Å²) in [4.78, 5) is 39.3. The third kappa shape index (κ3) is 4.69. The summed E-state index contributed by atoms with van der Waals surface area (Å²) in [6.45, 7) is 4.80. The number of rotatable bonds is 7. The van der Waals surface area contributed by atoms with Crippen LogP contribution in [0.4, 0.5) is 0 Å². The molecule has 2 rings (SSSR count). The van der Waals surface area contributed by atoms with Gasteiger partial charge in [0.1, 0.15) is 0 Å². The minimum atomic E-state index is -0.634. The van der Waals surface area contributed by atoms with Gasteiger partial charge < -0.3 is 14.5 Å². The fourth-order valence-electron chi connectivity index (χ4n) is 2.57. The summed E-state index contributed by atoms with van der Waals surface area (Å²) < 4.78 is 9.99. The average molecular weight is 355 g/mol. The first-order valence-corrected chi connectivity index (χ1v) is 8.23. The van der Waals surface area contributed by atoms with Crippen LogP contribution in [0, 0.1) is 13.8 Å². The van der Waals surface area contributed by atoms with Crippen molar-refractivity contribution in [2.45, 2.75) is 20.8 Å². The van der Waals surface area contributed by atoms with E-state index in [0.717, 1.165) is 5.56 Å². The Bertz CT molecular complexity index is 833. The van der Waals surface area contributed by atoms with Crippen LogP contribution in [0.15, 0.2) is 36.4 Å². The largest absolute Gasteiger partial charge is 0.462 e. The summed E-state index contributed by atoms with van der Waals surface area (Å²) in [5.41, 5.74) is 2.30. The van der Waals surface area contributed by atoms with Crippen LogP contribution in [0.5, 0.6) is 0 Å². The minimum Gasteiger partial charge on any atom is -0.462 e. The van der Waals surface area contributed by atoms with Gasteiger partial charge in [0, 0.05) is 17.5 Å². The molecule has 0 fully saturated rings. The van der Waals surface area contributed by atoms with E-state index in [0.29, 0.717) is 11.4 Å². The molecule has 0 amide bonds. The predicted octanol–water partition coefficient (Wildman–Crippen LogP) is 3.25. The molecule has 1 heterocycles. The molecule has 0 aliphatic carbocycles. The van der Waals surface area contributed by atoms with E-state index in [-0.39, 0.29) is 17.7 Å².